The Bertz CT molecular complexity index is 617. The zero-order chi connectivity index (χ0) is 14.9. The summed E-state index contributed by atoms with van der Waals surface area (Å²) >= 11 is 3.55. The van der Waals surface area contributed by atoms with Crippen LogP contribution in [0.1, 0.15) is 33.9 Å². The van der Waals surface area contributed by atoms with Crippen molar-refractivity contribution in [3.05, 3.63) is 68.4 Å². The van der Waals surface area contributed by atoms with Gasteiger partial charge in [0.15, 0.2) is 0 Å². The van der Waals surface area contributed by atoms with Gasteiger partial charge in [-0.25, -0.2) is 9.82 Å². The number of hydrazine groups is 1. The fourth-order valence-corrected chi connectivity index (χ4v) is 2.55. The van der Waals surface area contributed by atoms with Gasteiger partial charge in [0.1, 0.15) is 5.82 Å². The first-order chi connectivity index (χ1) is 9.43. The zero-order valence-electron chi connectivity index (χ0n) is 11.8. The second-order valence-electron chi connectivity index (χ2n) is 5.08. The maximum atomic E-state index is 13.7. The summed E-state index contributed by atoms with van der Waals surface area (Å²) in [5.41, 5.74) is 7.51. The highest BCUT2D eigenvalue weighted by molar-refractivity contribution is 9.10. The minimum absolute atomic E-state index is 0.215. The monoisotopic (exact) mass is 336 g/mol. The van der Waals surface area contributed by atoms with E-state index in [4.69, 9.17) is 5.84 Å². The van der Waals surface area contributed by atoms with E-state index in [1.54, 1.807) is 13.0 Å². The Hall–Kier alpha value is -1.23. The standard InChI is InChI=1S/C16H18BrFN2/c1-9-4-5-12(8-14(9)18)16(20-19)13-6-10(2)15(17)11(3)7-13/h4-8,16,20H,19H2,1-3H3. The molecule has 0 aliphatic rings. The predicted octanol–water partition coefficient (Wildman–Crippen LogP) is 4.07. The SMILES string of the molecule is Cc1ccc(C(NN)c2cc(C)c(Br)c(C)c2)cc1F. The molecular formula is C16H18BrFN2. The van der Waals surface area contributed by atoms with Crippen molar-refractivity contribution in [2.45, 2.75) is 26.8 Å². The summed E-state index contributed by atoms with van der Waals surface area (Å²) in [6.07, 6.45) is 0. The van der Waals surface area contributed by atoms with E-state index in [1.807, 2.05) is 19.9 Å². The van der Waals surface area contributed by atoms with Crippen LogP contribution in [0.5, 0.6) is 0 Å². The van der Waals surface area contributed by atoms with E-state index >= 15 is 0 Å². The van der Waals surface area contributed by atoms with Gasteiger partial charge in [-0.3, -0.25) is 5.84 Å². The highest BCUT2D eigenvalue weighted by atomic mass is 79.9. The van der Waals surface area contributed by atoms with Crippen molar-refractivity contribution in [3.63, 3.8) is 0 Å². The van der Waals surface area contributed by atoms with Crippen LogP contribution >= 0.6 is 15.9 Å². The summed E-state index contributed by atoms with van der Waals surface area (Å²) in [7, 11) is 0. The van der Waals surface area contributed by atoms with Gasteiger partial charge in [0.25, 0.3) is 0 Å². The Balaban J connectivity index is 2.49. The lowest BCUT2D eigenvalue weighted by Crippen LogP contribution is -2.29. The lowest BCUT2D eigenvalue weighted by atomic mass is 9.95. The van der Waals surface area contributed by atoms with Crippen molar-refractivity contribution in [2.75, 3.05) is 0 Å². The highest BCUT2D eigenvalue weighted by Gasteiger charge is 2.15. The molecule has 2 nitrogen and oxygen atoms in total. The summed E-state index contributed by atoms with van der Waals surface area (Å²) in [6, 6.07) is 9.09. The van der Waals surface area contributed by atoms with E-state index in [1.165, 1.54) is 6.07 Å². The molecule has 1 unspecified atom stereocenters. The van der Waals surface area contributed by atoms with Crippen molar-refractivity contribution in [3.8, 4) is 0 Å². The summed E-state index contributed by atoms with van der Waals surface area (Å²) in [4.78, 5) is 0. The first-order valence-corrected chi connectivity index (χ1v) is 7.22. The zero-order valence-corrected chi connectivity index (χ0v) is 13.4. The number of hydrogen-bond donors (Lipinski definition) is 2. The van der Waals surface area contributed by atoms with Gasteiger partial charge < -0.3 is 0 Å². The molecule has 0 bridgehead atoms. The summed E-state index contributed by atoms with van der Waals surface area (Å²) in [5, 5.41) is 0. The molecule has 0 aliphatic carbocycles. The van der Waals surface area contributed by atoms with E-state index in [0.29, 0.717) is 5.56 Å². The summed E-state index contributed by atoms with van der Waals surface area (Å²) in [5.74, 6) is 5.46. The molecule has 106 valence electrons. The predicted molar refractivity (Wildman–Crippen MR) is 83.9 cm³/mol. The van der Waals surface area contributed by atoms with E-state index in [2.05, 4.69) is 33.5 Å². The Morgan fingerprint density at radius 3 is 2.10 bits per heavy atom. The minimum atomic E-state index is -0.226. The average Bonchev–Trinajstić information content (AvgIpc) is 2.41. The lowest BCUT2D eigenvalue weighted by Gasteiger charge is -2.19. The van der Waals surface area contributed by atoms with E-state index < -0.39 is 0 Å². The molecule has 0 aromatic heterocycles. The van der Waals surface area contributed by atoms with Crippen LogP contribution in [0, 0.1) is 26.6 Å². The van der Waals surface area contributed by atoms with Crippen LogP contribution in [0.2, 0.25) is 0 Å². The van der Waals surface area contributed by atoms with Gasteiger partial charge in [-0.05, 0) is 54.7 Å². The van der Waals surface area contributed by atoms with E-state index in [-0.39, 0.29) is 11.9 Å². The molecule has 0 amide bonds. The first-order valence-electron chi connectivity index (χ1n) is 6.43. The van der Waals surface area contributed by atoms with Crippen molar-refractivity contribution >= 4 is 15.9 Å². The van der Waals surface area contributed by atoms with Crippen LogP contribution in [0.15, 0.2) is 34.8 Å². The number of benzene rings is 2. The van der Waals surface area contributed by atoms with Crippen LogP contribution in [0.3, 0.4) is 0 Å². The molecule has 0 aliphatic heterocycles. The van der Waals surface area contributed by atoms with Gasteiger partial charge in [-0.2, -0.15) is 0 Å². The molecule has 20 heavy (non-hydrogen) atoms. The van der Waals surface area contributed by atoms with Crippen LogP contribution in [-0.2, 0) is 0 Å². The number of hydrogen-bond acceptors (Lipinski definition) is 2. The average molecular weight is 337 g/mol. The second-order valence-corrected chi connectivity index (χ2v) is 5.87. The first kappa shape index (κ1) is 15.2. The fourth-order valence-electron chi connectivity index (χ4n) is 2.32. The lowest BCUT2D eigenvalue weighted by molar-refractivity contribution is 0.598. The van der Waals surface area contributed by atoms with Crippen molar-refractivity contribution in [1.82, 2.24) is 5.43 Å². The van der Waals surface area contributed by atoms with Gasteiger partial charge in [0.05, 0.1) is 6.04 Å². The number of nitrogens with one attached hydrogen (secondary N) is 1. The number of rotatable bonds is 3. The fraction of sp³-hybridized carbons (Fsp3) is 0.250. The summed E-state index contributed by atoms with van der Waals surface area (Å²) in [6.45, 7) is 5.81. The number of aryl methyl sites for hydroxylation is 3. The smallest absolute Gasteiger partial charge is 0.126 e. The normalized spacial score (nSPS) is 12.5. The van der Waals surface area contributed by atoms with Crippen LogP contribution in [0.4, 0.5) is 4.39 Å². The minimum Gasteiger partial charge on any atom is -0.271 e. The molecule has 0 fully saturated rings. The second kappa shape index (κ2) is 6.04. The van der Waals surface area contributed by atoms with Gasteiger partial charge in [0, 0.05) is 4.47 Å². The van der Waals surface area contributed by atoms with E-state index in [0.717, 1.165) is 26.7 Å². The molecule has 0 heterocycles. The molecule has 0 saturated carbocycles. The molecule has 3 N–H and O–H groups in total. The van der Waals surface area contributed by atoms with Crippen LogP contribution < -0.4 is 11.3 Å². The maximum absolute atomic E-state index is 13.7. The molecule has 0 radical (unpaired) electrons. The molecule has 0 spiro atoms. The molecule has 2 aromatic carbocycles. The molecule has 0 saturated heterocycles. The topological polar surface area (TPSA) is 38.0 Å². The van der Waals surface area contributed by atoms with Gasteiger partial charge in [-0.1, -0.05) is 40.2 Å². The molecule has 4 heteroatoms. The largest absolute Gasteiger partial charge is 0.271 e. The van der Waals surface area contributed by atoms with Crippen LogP contribution in [0.25, 0.3) is 0 Å². The van der Waals surface area contributed by atoms with Crippen LogP contribution in [-0.4, -0.2) is 0 Å². The third kappa shape index (κ3) is 2.92. The molecular weight excluding hydrogens is 319 g/mol. The quantitative estimate of drug-likeness (QED) is 0.655. The van der Waals surface area contributed by atoms with Gasteiger partial charge >= 0.3 is 0 Å². The third-order valence-electron chi connectivity index (χ3n) is 3.49. The Kier molecular flexibility index (Phi) is 4.58. The maximum Gasteiger partial charge on any atom is 0.126 e. The summed E-state index contributed by atoms with van der Waals surface area (Å²) < 4.78 is 14.8. The highest BCUT2D eigenvalue weighted by Crippen LogP contribution is 2.29. The van der Waals surface area contributed by atoms with Crippen molar-refractivity contribution < 1.29 is 4.39 Å². The van der Waals surface area contributed by atoms with Gasteiger partial charge in [0.2, 0.25) is 0 Å². The van der Waals surface area contributed by atoms with Crippen molar-refractivity contribution in [1.29, 1.82) is 0 Å². The molecule has 1 atom stereocenters. The molecule has 2 aromatic rings. The Morgan fingerprint density at radius 1 is 1.00 bits per heavy atom. The Labute approximate surface area is 127 Å². The van der Waals surface area contributed by atoms with Crippen molar-refractivity contribution in [2.24, 2.45) is 5.84 Å². The van der Waals surface area contributed by atoms with E-state index in [9.17, 15) is 4.39 Å². The number of nitrogens with two attached hydrogens (primary N) is 1. The van der Waals surface area contributed by atoms with Gasteiger partial charge in [-0.15, -0.1) is 0 Å². The Morgan fingerprint density at radius 2 is 1.60 bits per heavy atom. The third-order valence-corrected chi connectivity index (χ3v) is 4.74. The number of halogens is 2. The molecule has 2 rings (SSSR count).